The van der Waals surface area contributed by atoms with Crippen LogP contribution in [0.4, 0.5) is 0 Å². The van der Waals surface area contributed by atoms with Crippen molar-refractivity contribution in [3.63, 3.8) is 0 Å². The summed E-state index contributed by atoms with van der Waals surface area (Å²) in [6.45, 7) is 6.34. The summed E-state index contributed by atoms with van der Waals surface area (Å²) in [6, 6.07) is 0. The molecule has 0 radical (unpaired) electrons. The lowest BCUT2D eigenvalue weighted by Crippen LogP contribution is -2.30. The predicted molar refractivity (Wildman–Crippen MR) is 292 cm³/mol. The van der Waals surface area contributed by atoms with E-state index in [0.29, 0.717) is 12.8 Å². The highest BCUT2D eigenvalue weighted by atomic mass is 16.6. The zero-order chi connectivity index (χ0) is 49.3. The Morgan fingerprint density at radius 1 is 0.309 bits per heavy atom. The van der Waals surface area contributed by atoms with E-state index in [0.717, 1.165) is 96.3 Å². The van der Waals surface area contributed by atoms with Gasteiger partial charge in [0.15, 0.2) is 6.10 Å². The lowest BCUT2D eigenvalue weighted by Gasteiger charge is -2.18. The Balaban J connectivity index is 4.61. The first-order valence-electron chi connectivity index (χ1n) is 27.2. The molecule has 0 rings (SSSR count). The summed E-state index contributed by atoms with van der Waals surface area (Å²) in [5, 5.41) is 0. The molecule has 0 aliphatic heterocycles. The fourth-order valence-electron chi connectivity index (χ4n) is 6.81. The predicted octanol–water partition coefficient (Wildman–Crippen LogP) is 18.3. The number of hydrogen-bond donors (Lipinski definition) is 0. The topological polar surface area (TPSA) is 78.9 Å². The second kappa shape index (κ2) is 55.1. The molecule has 6 heteroatoms. The Morgan fingerprint density at radius 3 is 1.03 bits per heavy atom. The monoisotopic (exact) mass is 939 g/mol. The minimum absolute atomic E-state index is 0.137. The van der Waals surface area contributed by atoms with Gasteiger partial charge < -0.3 is 14.2 Å². The Bertz CT molecular complexity index is 1500. The molecule has 0 aromatic heterocycles. The third-order valence-electron chi connectivity index (χ3n) is 10.9. The molecular formula is C62H98O6. The molecule has 0 aliphatic carbocycles. The third kappa shape index (κ3) is 52.5. The molecule has 0 amide bonds. The maximum atomic E-state index is 12.8. The van der Waals surface area contributed by atoms with Crippen LogP contribution in [0.15, 0.2) is 134 Å². The van der Waals surface area contributed by atoms with Crippen LogP contribution in [0.25, 0.3) is 0 Å². The highest BCUT2D eigenvalue weighted by Crippen LogP contribution is 2.12. The maximum absolute atomic E-state index is 12.8. The van der Waals surface area contributed by atoms with E-state index in [4.69, 9.17) is 14.2 Å². The van der Waals surface area contributed by atoms with Crippen molar-refractivity contribution in [2.24, 2.45) is 0 Å². The zero-order valence-electron chi connectivity index (χ0n) is 43.6. The van der Waals surface area contributed by atoms with Gasteiger partial charge in [0.05, 0.1) is 0 Å². The van der Waals surface area contributed by atoms with Crippen LogP contribution in [0.3, 0.4) is 0 Å². The van der Waals surface area contributed by atoms with E-state index >= 15 is 0 Å². The Morgan fingerprint density at radius 2 is 0.618 bits per heavy atom. The molecule has 1 unspecified atom stereocenters. The average Bonchev–Trinajstić information content (AvgIpc) is 3.34. The fourth-order valence-corrected chi connectivity index (χ4v) is 6.81. The summed E-state index contributed by atoms with van der Waals surface area (Å²) >= 11 is 0. The summed E-state index contributed by atoms with van der Waals surface area (Å²) in [5.41, 5.74) is 0. The molecule has 6 nitrogen and oxygen atoms in total. The maximum Gasteiger partial charge on any atom is 0.306 e. The minimum atomic E-state index is -0.839. The molecule has 0 heterocycles. The summed E-state index contributed by atoms with van der Waals surface area (Å²) in [6.07, 6.45) is 77.3. The largest absolute Gasteiger partial charge is 0.462 e. The van der Waals surface area contributed by atoms with Crippen LogP contribution >= 0.6 is 0 Å². The molecule has 0 fully saturated rings. The van der Waals surface area contributed by atoms with Gasteiger partial charge in [-0.1, -0.05) is 212 Å². The summed E-state index contributed by atoms with van der Waals surface area (Å²) in [7, 11) is 0. The second-order valence-corrected chi connectivity index (χ2v) is 17.4. The summed E-state index contributed by atoms with van der Waals surface area (Å²) in [5.74, 6) is -1.09. The van der Waals surface area contributed by atoms with E-state index in [2.05, 4.69) is 142 Å². The van der Waals surface area contributed by atoms with Crippen LogP contribution in [0.2, 0.25) is 0 Å². The molecular weight excluding hydrogens is 841 g/mol. The zero-order valence-corrected chi connectivity index (χ0v) is 43.6. The number of rotatable bonds is 47. The van der Waals surface area contributed by atoms with E-state index in [1.807, 2.05) is 12.2 Å². The van der Waals surface area contributed by atoms with Gasteiger partial charge in [-0.05, 0) is 122 Å². The highest BCUT2D eigenvalue weighted by molar-refractivity contribution is 5.71. The normalized spacial score (nSPS) is 13.2. The van der Waals surface area contributed by atoms with Crippen molar-refractivity contribution in [1.29, 1.82) is 0 Å². The van der Waals surface area contributed by atoms with E-state index < -0.39 is 6.10 Å². The van der Waals surface area contributed by atoms with Crippen molar-refractivity contribution >= 4 is 17.9 Å². The van der Waals surface area contributed by atoms with Gasteiger partial charge in [0.1, 0.15) is 13.2 Å². The van der Waals surface area contributed by atoms with Gasteiger partial charge in [-0.2, -0.15) is 0 Å². The highest BCUT2D eigenvalue weighted by Gasteiger charge is 2.19. The van der Waals surface area contributed by atoms with Crippen LogP contribution in [-0.2, 0) is 28.6 Å². The number of carbonyl (C=O) groups excluding carboxylic acids is 3. The molecule has 0 aromatic carbocycles. The summed E-state index contributed by atoms with van der Waals surface area (Å²) in [4.78, 5) is 38.0. The molecule has 0 aromatic rings. The molecule has 68 heavy (non-hydrogen) atoms. The van der Waals surface area contributed by atoms with Crippen molar-refractivity contribution < 1.29 is 28.6 Å². The van der Waals surface area contributed by atoms with Crippen molar-refractivity contribution in [2.45, 2.75) is 226 Å². The minimum Gasteiger partial charge on any atom is -0.462 e. The number of esters is 3. The van der Waals surface area contributed by atoms with Crippen LogP contribution in [0.5, 0.6) is 0 Å². The van der Waals surface area contributed by atoms with E-state index in [1.54, 1.807) is 0 Å². The lowest BCUT2D eigenvalue weighted by molar-refractivity contribution is -0.166. The molecule has 0 N–H and O–H groups in total. The number of hydrogen-bond acceptors (Lipinski definition) is 6. The second-order valence-electron chi connectivity index (χ2n) is 17.4. The standard InChI is InChI=1S/C62H98O6/c1-4-7-10-13-16-19-22-25-28-31-34-37-40-43-46-49-52-55-61(64)67-58-59(57-66-60(63)54-51-48-45-42-39-36-33-30-27-24-21-18-15-12-9-6-3)68-62(65)56-53-50-47-44-41-38-35-32-29-26-23-20-17-14-11-8-5-2/h9,12,16-21,25-30,34,36-37,39,43,45-46,48,59H,4-8,10-11,13-15,22-24,31-33,35,38,40-42,44,47,49-58H2,1-3H3/b12-9-,19-16-,20-17-,21-18-,28-25-,29-26-,30-27-,37-34-,39-36-,46-43-,48-45-. The lowest BCUT2D eigenvalue weighted by atomic mass is 10.1. The van der Waals surface area contributed by atoms with E-state index in [1.165, 1.54) is 70.6 Å². The van der Waals surface area contributed by atoms with Crippen LogP contribution in [0, 0.1) is 0 Å². The van der Waals surface area contributed by atoms with Crippen molar-refractivity contribution in [3.8, 4) is 0 Å². The van der Waals surface area contributed by atoms with Gasteiger partial charge >= 0.3 is 17.9 Å². The van der Waals surface area contributed by atoms with Crippen LogP contribution in [-0.4, -0.2) is 37.2 Å². The van der Waals surface area contributed by atoms with Gasteiger partial charge in [0.25, 0.3) is 0 Å². The molecule has 0 saturated carbocycles. The fraction of sp³-hybridized carbons (Fsp3) is 0.597. The van der Waals surface area contributed by atoms with E-state index in [9.17, 15) is 14.4 Å². The molecule has 0 aliphatic rings. The first-order valence-corrected chi connectivity index (χ1v) is 27.2. The third-order valence-corrected chi connectivity index (χ3v) is 10.9. The number of carbonyl (C=O) groups is 3. The Hall–Kier alpha value is -4.45. The average molecular weight is 939 g/mol. The Kier molecular flexibility index (Phi) is 51.5. The number of unbranched alkanes of at least 4 members (excludes halogenated alkanes) is 14. The van der Waals surface area contributed by atoms with Crippen LogP contribution < -0.4 is 0 Å². The van der Waals surface area contributed by atoms with Crippen molar-refractivity contribution in [3.05, 3.63) is 134 Å². The molecule has 0 saturated heterocycles. The molecule has 1 atom stereocenters. The van der Waals surface area contributed by atoms with Gasteiger partial charge in [-0.15, -0.1) is 0 Å². The number of allylic oxidation sites excluding steroid dienone is 22. The van der Waals surface area contributed by atoms with Gasteiger partial charge in [0.2, 0.25) is 0 Å². The Labute approximate surface area is 417 Å². The number of ether oxygens (including phenoxy) is 3. The molecule has 0 spiro atoms. The summed E-state index contributed by atoms with van der Waals surface area (Å²) < 4.78 is 16.7. The molecule has 382 valence electrons. The van der Waals surface area contributed by atoms with E-state index in [-0.39, 0.29) is 50.4 Å². The first-order chi connectivity index (χ1) is 33.5. The molecule has 0 bridgehead atoms. The van der Waals surface area contributed by atoms with Crippen molar-refractivity contribution in [1.82, 2.24) is 0 Å². The van der Waals surface area contributed by atoms with Gasteiger partial charge in [-0.25, -0.2) is 0 Å². The smallest absolute Gasteiger partial charge is 0.306 e. The first kappa shape index (κ1) is 63.5. The quantitative estimate of drug-likeness (QED) is 0.0262. The van der Waals surface area contributed by atoms with Gasteiger partial charge in [0, 0.05) is 19.3 Å². The van der Waals surface area contributed by atoms with Crippen LogP contribution in [0.1, 0.15) is 220 Å². The van der Waals surface area contributed by atoms with Crippen molar-refractivity contribution in [2.75, 3.05) is 13.2 Å². The van der Waals surface area contributed by atoms with Gasteiger partial charge in [-0.3, -0.25) is 14.4 Å². The SMILES string of the molecule is CC/C=C\C/C=C\C/C=C\C/C=C\C/C=C\CCC(=O)OCC(COC(=O)CCC/C=C\C/C=C\C/C=C\C/C=C\CCCCC)OC(=O)CCCCCCCCC/C=C\C/C=C\CCCCC.